The second-order valence-electron chi connectivity index (χ2n) is 11.3. The standard InChI is InChI=1S/C31H36F2N8O2.3ClH/c1-21-4-5-22(28(15-21)40-11-13-43-14-12-40)17-41-10-8-34-31(41)37-30(42)26-19-39(9-2-3-29-35-20-36-38-29)18-25(26)24-7-6-23(32)16-27(24)33;;;/h4-8,10,15-16,20,25-26H,2-3,9,11-14,17-19H2,1H3,(H,34,37,42)(H,35,36,38);3*1H/t25-,26+;;;/m0.../s1. The van der Waals surface area contributed by atoms with Crippen LogP contribution in [0.15, 0.2) is 55.1 Å². The number of amides is 1. The summed E-state index contributed by atoms with van der Waals surface area (Å²) in [5.74, 6) is -1.34. The number of carbonyl (C=O) groups excluding carboxylic acids is 1. The number of aromatic nitrogens is 5. The largest absolute Gasteiger partial charge is 0.378 e. The van der Waals surface area contributed by atoms with Crippen LogP contribution in [-0.4, -0.2) is 81.5 Å². The highest BCUT2D eigenvalue weighted by molar-refractivity contribution is 5.92. The van der Waals surface area contributed by atoms with E-state index in [0.29, 0.717) is 57.3 Å². The highest BCUT2D eigenvalue weighted by Crippen LogP contribution is 2.35. The first-order valence-corrected chi connectivity index (χ1v) is 14.7. The molecule has 4 heterocycles. The Morgan fingerprint density at radius 1 is 1.07 bits per heavy atom. The summed E-state index contributed by atoms with van der Waals surface area (Å²) >= 11 is 0. The zero-order valence-corrected chi connectivity index (χ0v) is 27.9. The van der Waals surface area contributed by atoms with E-state index in [1.807, 2.05) is 10.8 Å². The van der Waals surface area contributed by atoms with Gasteiger partial charge < -0.3 is 19.1 Å². The van der Waals surface area contributed by atoms with Crippen LogP contribution >= 0.6 is 37.2 Å². The van der Waals surface area contributed by atoms with Gasteiger partial charge in [-0.3, -0.25) is 15.2 Å². The van der Waals surface area contributed by atoms with Crippen LogP contribution in [0.4, 0.5) is 20.4 Å². The van der Waals surface area contributed by atoms with Crippen molar-refractivity contribution in [3.05, 3.63) is 89.3 Å². The van der Waals surface area contributed by atoms with Crippen molar-refractivity contribution in [3.8, 4) is 0 Å². The molecule has 2 aromatic carbocycles. The molecule has 1 amide bonds. The molecule has 0 radical (unpaired) electrons. The van der Waals surface area contributed by atoms with Crippen molar-refractivity contribution in [3.63, 3.8) is 0 Å². The van der Waals surface area contributed by atoms with Crippen LogP contribution < -0.4 is 10.2 Å². The predicted molar refractivity (Wildman–Crippen MR) is 180 cm³/mol. The summed E-state index contributed by atoms with van der Waals surface area (Å²) in [4.78, 5) is 26.9. The van der Waals surface area contributed by atoms with Gasteiger partial charge in [0, 0.05) is 62.7 Å². The van der Waals surface area contributed by atoms with Crippen LogP contribution in [0, 0.1) is 24.5 Å². The van der Waals surface area contributed by atoms with Gasteiger partial charge in [0.15, 0.2) is 0 Å². The minimum atomic E-state index is -0.641. The number of likely N-dealkylation sites (tertiary alicyclic amines) is 1. The van der Waals surface area contributed by atoms with Gasteiger partial charge in [-0.2, -0.15) is 5.10 Å². The Bertz CT molecular complexity index is 1550. The van der Waals surface area contributed by atoms with Crippen molar-refractivity contribution < 1.29 is 18.3 Å². The number of hydrogen-bond donors (Lipinski definition) is 2. The van der Waals surface area contributed by atoms with Gasteiger partial charge in [-0.25, -0.2) is 18.7 Å². The molecule has 46 heavy (non-hydrogen) atoms. The van der Waals surface area contributed by atoms with Crippen molar-refractivity contribution in [1.29, 1.82) is 0 Å². The lowest BCUT2D eigenvalue weighted by atomic mass is 9.88. The quantitative estimate of drug-likeness (QED) is 0.240. The number of benzene rings is 2. The molecule has 0 spiro atoms. The molecular weight excluding hydrogens is 661 g/mol. The van der Waals surface area contributed by atoms with E-state index in [2.05, 4.69) is 60.4 Å². The molecule has 2 N–H and O–H groups in total. The van der Waals surface area contributed by atoms with Crippen molar-refractivity contribution in [2.45, 2.75) is 32.2 Å². The van der Waals surface area contributed by atoms with Crippen LogP contribution in [0.2, 0.25) is 0 Å². The summed E-state index contributed by atoms with van der Waals surface area (Å²) in [5, 5.41) is 9.84. The van der Waals surface area contributed by atoms with Crippen molar-refractivity contribution >= 4 is 54.8 Å². The number of H-pyrrole nitrogens is 1. The monoisotopic (exact) mass is 698 g/mol. The SMILES string of the molecule is Cc1ccc(Cn2ccnc2NC(=O)[C@@H]2CN(CCCc3nc[nH]n3)C[C@H]2c2ccc(F)cc2F)c(N2CCOCC2)c1.Cl.Cl.Cl. The third-order valence-corrected chi connectivity index (χ3v) is 8.32. The molecule has 6 rings (SSSR count). The minimum Gasteiger partial charge on any atom is -0.378 e. The molecule has 4 aromatic rings. The third-order valence-electron chi connectivity index (χ3n) is 8.32. The first-order chi connectivity index (χ1) is 20.9. The summed E-state index contributed by atoms with van der Waals surface area (Å²) in [7, 11) is 0. The van der Waals surface area contributed by atoms with Gasteiger partial charge in [-0.1, -0.05) is 18.2 Å². The Hall–Kier alpha value is -3.29. The van der Waals surface area contributed by atoms with Gasteiger partial charge in [0.25, 0.3) is 0 Å². The lowest BCUT2D eigenvalue weighted by Gasteiger charge is -2.31. The number of anilines is 2. The molecule has 250 valence electrons. The minimum absolute atomic E-state index is 0. The first kappa shape index (κ1) is 37.2. The predicted octanol–water partition coefficient (Wildman–Crippen LogP) is 5.03. The van der Waals surface area contributed by atoms with E-state index < -0.39 is 23.5 Å². The molecule has 15 heteroatoms. The van der Waals surface area contributed by atoms with E-state index in [0.717, 1.165) is 42.7 Å². The summed E-state index contributed by atoms with van der Waals surface area (Å²) < 4.78 is 36.2. The summed E-state index contributed by atoms with van der Waals surface area (Å²) in [5.41, 5.74) is 3.79. The number of ether oxygens (including phenoxy) is 1. The summed E-state index contributed by atoms with van der Waals surface area (Å²) in [6.45, 7) is 7.25. The zero-order chi connectivity index (χ0) is 29.8. The second kappa shape index (κ2) is 17.0. The molecular formula is C31H39Cl3F2N8O2. The lowest BCUT2D eigenvalue weighted by Crippen LogP contribution is -2.37. The maximum Gasteiger partial charge on any atom is 0.231 e. The number of hydrogen-bond acceptors (Lipinski definition) is 7. The topological polar surface area (TPSA) is 104 Å². The molecule has 10 nitrogen and oxygen atoms in total. The van der Waals surface area contributed by atoms with Gasteiger partial charge in [0.05, 0.1) is 25.7 Å². The maximum absolute atomic E-state index is 15.0. The Labute approximate surface area is 285 Å². The maximum atomic E-state index is 15.0. The van der Waals surface area contributed by atoms with Crippen LogP contribution in [0.3, 0.4) is 0 Å². The van der Waals surface area contributed by atoms with Crippen LogP contribution in [0.25, 0.3) is 0 Å². The highest BCUT2D eigenvalue weighted by Gasteiger charge is 2.40. The molecule has 0 saturated carbocycles. The summed E-state index contributed by atoms with van der Waals surface area (Å²) in [6, 6.07) is 9.99. The molecule has 0 bridgehead atoms. The Morgan fingerprint density at radius 3 is 2.61 bits per heavy atom. The number of carbonyl (C=O) groups is 1. The molecule has 0 aliphatic carbocycles. The van der Waals surface area contributed by atoms with Gasteiger partial charge in [0.1, 0.15) is 23.8 Å². The third kappa shape index (κ3) is 8.74. The Kier molecular flexibility index (Phi) is 13.8. The average Bonchev–Trinajstić information content (AvgIpc) is 3.77. The number of aryl methyl sites for hydroxylation is 2. The second-order valence-corrected chi connectivity index (χ2v) is 11.3. The number of nitrogens with zero attached hydrogens (tertiary/aromatic N) is 6. The number of halogens is 5. The molecule has 0 unspecified atom stereocenters. The van der Waals surface area contributed by atoms with E-state index in [1.165, 1.54) is 17.7 Å². The summed E-state index contributed by atoms with van der Waals surface area (Å²) in [6.07, 6.45) is 6.54. The van der Waals surface area contributed by atoms with Crippen LogP contribution in [0.5, 0.6) is 0 Å². The molecule has 2 saturated heterocycles. The van der Waals surface area contributed by atoms with Crippen molar-refractivity contribution in [1.82, 2.24) is 29.6 Å². The molecule has 2 aliphatic heterocycles. The first-order valence-electron chi connectivity index (χ1n) is 14.7. The van der Waals surface area contributed by atoms with E-state index >= 15 is 0 Å². The molecule has 2 aromatic heterocycles. The van der Waals surface area contributed by atoms with Crippen LogP contribution in [-0.2, 0) is 22.5 Å². The lowest BCUT2D eigenvalue weighted by molar-refractivity contribution is -0.120. The zero-order valence-electron chi connectivity index (χ0n) is 25.4. The highest BCUT2D eigenvalue weighted by atomic mass is 35.5. The van der Waals surface area contributed by atoms with Gasteiger partial charge in [-0.15, -0.1) is 37.2 Å². The normalized spacial score (nSPS) is 17.9. The number of aromatic amines is 1. The number of morpholine rings is 1. The van der Waals surface area contributed by atoms with Gasteiger partial charge >= 0.3 is 0 Å². The smallest absolute Gasteiger partial charge is 0.231 e. The molecule has 2 fully saturated rings. The fourth-order valence-corrected chi connectivity index (χ4v) is 6.12. The van der Waals surface area contributed by atoms with Crippen molar-refractivity contribution in [2.75, 3.05) is 56.2 Å². The Balaban J connectivity index is 0.00000192. The fourth-order valence-electron chi connectivity index (χ4n) is 6.12. The number of rotatable bonds is 10. The van der Waals surface area contributed by atoms with Gasteiger partial charge in [0.2, 0.25) is 11.9 Å². The number of nitrogens with one attached hydrogen (secondary N) is 2. The van der Waals surface area contributed by atoms with E-state index in [4.69, 9.17) is 4.74 Å². The van der Waals surface area contributed by atoms with E-state index in [-0.39, 0.29) is 43.1 Å². The van der Waals surface area contributed by atoms with Crippen LogP contribution in [0.1, 0.15) is 34.9 Å². The molecule has 2 aliphatic rings. The number of imidazole rings is 1. The molecule has 2 atom stereocenters. The Morgan fingerprint density at radius 2 is 1.87 bits per heavy atom. The van der Waals surface area contributed by atoms with E-state index in [1.54, 1.807) is 12.5 Å². The fraction of sp³-hybridized carbons (Fsp3) is 0.419. The van der Waals surface area contributed by atoms with Gasteiger partial charge in [-0.05, 0) is 48.7 Å². The van der Waals surface area contributed by atoms with E-state index in [9.17, 15) is 13.6 Å². The van der Waals surface area contributed by atoms with Crippen molar-refractivity contribution in [2.24, 2.45) is 5.92 Å². The average molecular weight is 700 g/mol.